The second kappa shape index (κ2) is 18.2. The molecule has 242 valence electrons. The van der Waals surface area contributed by atoms with Crippen molar-refractivity contribution < 1.29 is 56.7 Å². The third-order valence-electron chi connectivity index (χ3n) is 6.94. The van der Waals surface area contributed by atoms with Crippen LogP contribution in [0.3, 0.4) is 0 Å². The summed E-state index contributed by atoms with van der Waals surface area (Å²) in [5.41, 5.74) is -0.151. The Balaban J connectivity index is 1.44. The van der Waals surface area contributed by atoms with Crippen molar-refractivity contribution in [2.45, 2.75) is 25.7 Å². The number of methoxy groups -OCH3 is 1. The summed E-state index contributed by atoms with van der Waals surface area (Å²) in [6.45, 7) is 7.81. The van der Waals surface area contributed by atoms with Crippen molar-refractivity contribution in [3.63, 3.8) is 0 Å². The Morgan fingerprint density at radius 1 is 0.778 bits per heavy atom. The van der Waals surface area contributed by atoms with Crippen LogP contribution in [0.5, 0.6) is 17.2 Å². The smallest absolute Gasteiger partial charge is 0.343 e. The zero-order valence-corrected chi connectivity index (χ0v) is 25.1. The molecule has 12 heteroatoms. The standard InChI is InChI=1S/C33H37FO11/c1-4-30(35)42-17-15-40-14-16-41-28-13-10-24(18-29(28)39-3)32(37)45-25-11-12-26(27(34)19-25)33(38)44-21-23-8-6-22(7-9-23)20-43-31(36)5-2/h4-5,10-13,18-19,22-23H,1-2,6-9,14-17,20-21H2,3H3. The molecular formula is C33H37FO11. The zero-order valence-electron chi connectivity index (χ0n) is 25.1. The van der Waals surface area contributed by atoms with Gasteiger partial charge in [0.25, 0.3) is 0 Å². The Kier molecular flexibility index (Phi) is 14.0. The summed E-state index contributed by atoms with van der Waals surface area (Å²) in [5, 5.41) is 0. The first kappa shape index (κ1) is 34.8. The number of hydrogen-bond donors (Lipinski definition) is 0. The quantitative estimate of drug-likeness (QED) is 0.0781. The minimum absolute atomic E-state index is 0.0860. The van der Waals surface area contributed by atoms with Crippen molar-refractivity contribution in [2.24, 2.45) is 11.8 Å². The third kappa shape index (κ3) is 11.4. The summed E-state index contributed by atoms with van der Waals surface area (Å²) in [6.07, 6.45) is 5.44. The largest absolute Gasteiger partial charge is 0.493 e. The van der Waals surface area contributed by atoms with Gasteiger partial charge in [0.1, 0.15) is 24.8 Å². The number of carbonyl (C=O) groups is 4. The molecule has 1 aliphatic carbocycles. The highest BCUT2D eigenvalue weighted by molar-refractivity contribution is 5.92. The Bertz CT molecular complexity index is 1350. The topological polar surface area (TPSA) is 133 Å². The van der Waals surface area contributed by atoms with Crippen LogP contribution in [0.1, 0.15) is 46.4 Å². The van der Waals surface area contributed by atoms with Gasteiger partial charge in [-0.1, -0.05) is 13.2 Å². The van der Waals surface area contributed by atoms with E-state index >= 15 is 0 Å². The fourth-order valence-corrected chi connectivity index (χ4v) is 4.47. The predicted molar refractivity (Wildman–Crippen MR) is 159 cm³/mol. The van der Waals surface area contributed by atoms with Crippen LogP contribution in [0.25, 0.3) is 0 Å². The van der Waals surface area contributed by atoms with E-state index in [0.29, 0.717) is 12.4 Å². The van der Waals surface area contributed by atoms with Crippen LogP contribution in [-0.4, -0.2) is 70.6 Å². The molecule has 11 nitrogen and oxygen atoms in total. The van der Waals surface area contributed by atoms with Gasteiger partial charge in [0.2, 0.25) is 0 Å². The molecule has 1 fully saturated rings. The first-order valence-corrected chi connectivity index (χ1v) is 14.4. The van der Waals surface area contributed by atoms with Gasteiger partial charge in [0.05, 0.1) is 44.7 Å². The van der Waals surface area contributed by atoms with Crippen LogP contribution in [0, 0.1) is 17.7 Å². The third-order valence-corrected chi connectivity index (χ3v) is 6.94. The van der Waals surface area contributed by atoms with E-state index in [0.717, 1.165) is 43.9 Å². The Hall–Kier alpha value is -4.71. The molecule has 0 saturated heterocycles. The average molecular weight is 629 g/mol. The Labute approximate surface area is 260 Å². The maximum atomic E-state index is 14.8. The van der Waals surface area contributed by atoms with Gasteiger partial charge in [0.15, 0.2) is 11.5 Å². The normalized spacial score (nSPS) is 15.7. The van der Waals surface area contributed by atoms with Crippen LogP contribution in [0.15, 0.2) is 61.7 Å². The van der Waals surface area contributed by atoms with Gasteiger partial charge in [-0.25, -0.2) is 23.6 Å². The maximum absolute atomic E-state index is 14.8. The van der Waals surface area contributed by atoms with Gasteiger partial charge in [-0.05, 0) is 67.9 Å². The zero-order chi connectivity index (χ0) is 32.6. The molecule has 1 aliphatic rings. The van der Waals surface area contributed by atoms with Crippen molar-refractivity contribution in [3.8, 4) is 17.2 Å². The molecule has 0 heterocycles. The molecule has 2 aromatic carbocycles. The lowest BCUT2D eigenvalue weighted by Crippen LogP contribution is -2.23. The molecule has 45 heavy (non-hydrogen) atoms. The first-order valence-electron chi connectivity index (χ1n) is 14.4. The fourth-order valence-electron chi connectivity index (χ4n) is 4.47. The monoisotopic (exact) mass is 628 g/mol. The Morgan fingerprint density at radius 2 is 1.42 bits per heavy atom. The van der Waals surface area contributed by atoms with E-state index in [1.165, 1.54) is 37.4 Å². The van der Waals surface area contributed by atoms with Gasteiger partial charge in [-0.2, -0.15) is 0 Å². The summed E-state index contributed by atoms with van der Waals surface area (Å²) in [5.74, 6) is -2.56. The summed E-state index contributed by atoms with van der Waals surface area (Å²) < 4.78 is 51.6. The van der Waals surface area contributed by atoms with E-state index < -0.39 is 29.7 Å². The van der Waals surface area contributed by atoms with E-state index in [4.69, 9.17) is 33.2 Å². The van der Waals surface area contributed by atoms with Gasteiger partial charge in [0, 0.05) is 18.2 Å². The molecule has 0 amide bonds. The lowest BCUT2D eigenvalue weighted by molar-refractivity contribution is -0.140. The molecule has 2 aromatic rings. The molecule has 0 unspecified atom stereocenters. The molecule has 0 spiro atoms. The number of esters is 4. The first-order chi connectivity index (χ1) is 21.7. The summed E-state index contributed by atoms with van der Waals surface area (Å²) >= 11 is 0. The van der Waals surface area contributed by atoms with Crippen molar-refractivity contribution in [1.29, 1.82) is 0 Å². The highest BCUT2D eigenvalue weighted by atomic mass is 19.1. The number of ether oxygens (including phenoxy) is 7. The van der Waals surface area contributed by atoms with Crippen molar-refractivity contribution >= 4 is 23.9 Å². The van der Waals surface area contributed by atoms with Crippen LogP contribution < -0.4 is 14.2 Å². The highest BCUT2D eigenvalue weighted by Crippen LogP contribution is 2.30. The summed E-state index contributed by atoms with van der Waals surface area (Å²) in [7, 11) is 1.41. The van der Waals surface area contributed by atoms with Crippen molar-refractivity contribution in [2.75, 3.05) is 46.8 Å². The SMILES string of the molecule is C=CC(=O)OCCOCCOc1ccc(C(=O)Oc2ccc(C(=O)OCC3CCC(COC(=O)C=C)CC3)c(F)c2)cc1OC. The van der Waals surface area contributed by atoms with E-state index in [1.807, 2.05) is 0 Å². The van der Waals surface area contributed by atoms with Crippen LogP contribution in [0.4, 0.5) is 4.39 Å². The number of carbonyl (C=O) groups excluding carboxylic acids is 4. The number of halogens is 1. The van der Waals surface area contributed by atoms with Gasteiger partial charge >= 0.3 is 23.9 Å². The second-order valence-electron chi connectivity index (χ2n) is 10.0. The summed E-state index contributed by atoms with van der Waals surface area (Å²) in [6, 6.07) is 7.84. The number of benzene rings is 2. The fraction of sp³-hybridized carbons (Fsp3) is 0.394. The molecule has 0 radical (unpaired) electrons. The van der Waals surface area contributed by atoms with E-state index in [2.05, 4.69) is 13.2 Å². The van der Waals surface area contributed by atoms with Gasteiger partial charge < -0.3 is 33.2 Å². The highest BCUT2D eigenvalue weighted by Gasteiger charge is 2.24. The second-order valence-corrected chi connectivity index (χ2v) is 10.0. The minimum atomic E-state index is -0.888. The van der Waals surface area contributed by atoms with E-state index in [9.17, 15) is 23.6 Å². The molecule has 3 rings (SSSR count). The molecule has 0 atom stereocenters. The van der Waals surface area contributed by atoms with Gasteiger partial charge in [-0.3, -0.25) is 0 Å². The van der Waals surface area contributed by atoms with Gasteiger partial charge in [-0.15, -0.1) is 0 Å². The molecule has 0 aliphatic heterocycles. The van der Waals surface area contributed by atoms with Crippen LogP contribution in [0.2, 0.25) is 0 Å². The van der Waals surface area contributed by atoms with E-state index in [1.54, 1.807) is 0 Å². The molecular weight excluding hydrogens is 591 g/mol. The molecule has 1 saturated carbocycles. The van der Waals surface area contributed by atoms with Crippen LogP contribution >= 0.6 is 0 Å². The lowest BCUT2D eigenvalue weighted by atomic mass is 9.83. The molecule has 0 aromatic heterocycles. The number of hydrogen-bond acceptors (Lipinski definition) is 11. The molecule has 0 N–H and O–H groups in total. The summed E-state index contributed by atoms with van der Waals surface area (Å²) in [4.78, 5) is 47.5. The Morgan fingerprint density at radius 3 is 2.07 bits per heavy atom. The molecule has 0 bridgehead atoms. The van der Waals surface area contributed by atoms with E-state index in [-0.39, 0.29) is 67.5 Å². The van der Waals surface area contributed by atoms with Crippen molar-refractivity contribution in [1.82, 2.24) is 0 Å². The number of rotatable bonds is 17. The maximum Gasteiger partial charge on any atom is 0.343 e. The van der Waals surface area contributed by atoms with Crippen molar-refractivity contribution in [3.05, 3.63) is 78.7 Å². The lowest BCUT2D eigenvalue weighted by Gasteiger charge is -2.27. The average Bonchev–Trinajstić information content (AvgIpc) is 3.05. The van der Waals surface area contributed by atoms with Crippen LogP contribution in [-0.2, 0) is 28.5 Å². The minimum Gasteiger partial charge on any atom is -0.493 e. The predicted octanol–water partition coefficient (Wildman–Crippen LogP) is 4.87.